The van der Waals surface area contributed by atoms with Crippen molar-refractivity contribution in [3.05, 3.63) is 59.7 Å². The van der Waals surface area contributed by atoms with Gasteiger partial charge in [0.2, 0.25) is 5.91 Å². The van der Waals surface area contributed by atoms with Crippen molar-refractivity contribution < 1.29 is 14.4 Å². The Morgan fingerprint density at radius 3 is 2.32 bits per heavy atom. The molecule has 164 valence electrons. The monoisotopic (exact) mass is 422 g/mol. The zero-order valence-corrected chi connectivity index (χ0v) is 17.9. The summed E-state index contributed by atoms with van der Waals surface area (Å²) in [6, 6.07) is 14.1. The van der Waals surface area contributed by atoms with E-state index in [2.05, 4.69) is 16.0 Å². The van der Waals surface area contributed by atoms with Crippen LogP contribution in [0.25, 0.3) is 0 Å². The molecule has 1 aliphatic rings. The zero-order valence-electron chi connectivity index (χ0n) is 17.9. The molecule has 0 aliphatic carbocycles. The Balaban J connectivity index is 1.54. The molecule has 0 spiro atoms. The molecule has 1 saturated heterocycles. The van der Waals surface area contributed by atoms with Gasteiger partial charge in [-0.15, -0.1) is 0 Å². The number of amides is 3. The van der Waals surface area contributed by atoms with Gasteiger partial charge in [-0.2, -0.15) is 0 Å². The Labute approximate surface area is 183 Å². The number of benzene rings is 2. The van der Waals surface area contributed by atoms with E-state index in [0.29, 0.717) is 29.0 Å². The Morgan fingerprint density at radius 1 is 0.903 bits per heavy atom. The number of piperidine rings is 1. The first-order chi connectivity index (χ1) is 15.1. The highest BCUT2D eigenvalue weighted by Gasteiger charge is 2.18. The number of rotatable bonds is 8. The molecular weight excluding hydrogens is 392 g/mol. The van der Waals surface area contributed by atoms with Gasteiger partial charge in [-0.25, -0.2) is 0 Å². The molecule has 3 rings (SSSR count). The predicted octanol–water partition coefficient (Wildman–Crippen LogP) is 3.50. The molecule has 2 aromatic carbocycles. The van der Waals surface area contributed by atoms with E-state index in [4.69, 9.17) is 0 Å². The maximum atomic E-state index is 12.7. The Kier molecular flexibility index (Phi) is 8.04. The van der Waals surface area contributed by atoms with Crippen molar-refractivity contribution in [3.8, 4) is 0 Å². The topological polar surface area (TPSA) is 90.5 Å². The van der Waals surface area contributed by atoms with Crippen molar-refractivity contribution in [1.82, 2.24) is 10.2 Å². The van der Waals surface area contributed by atoms with Gasteiger partial charge in [-0.3, -0.25) is 14.4 Å². The minimum absolute atomic E-state index is 0.00656. The molecular formula is C24H30N4O3. The maximum absolute atomic E-state index is 12.7. The summed E-state index contributed by atoms with van der Waals surface area (Å²) >= 11 is 0. The van der Waals surface area contributed by atoms with E-state index < -0.39 is 0 Å². The molecule has 2 aromatic rings. The predicted molar refractivity (Wildman–Crippen MR) is 122 cm³/mol. The molecule has 3 amide bonds. The number of anilines is 2. The van der Waals surface area contributed by atoms with Gasteiger partial charge in [0.1, 0.15) is 0 Å². The first kappa shape index (κ1) is 22.3. The molecule has 0 saturated carbocycles. The van der Waals surface area contributed by atoms with Crippen LogP contribution in [0.5, 0.6) is 0 Å². The van der Waals surface area contributed by atoms with E-state index in [1.807, 2.05) is 17.9 Å². The third kappa shape index (κ3) is 6.57. The van der Waals surface area contributed by atoms with Gasteiger partial charge >= 0.3 is 0 Å². The van der Waals surface area contributed by atoms with Crippen molar-refractivity contribution in [1.29, 1.82) is 0 Å². The van der Waals surface area contributed by atoms with Gasteiger partial charge in [-0.05, 0) is 62.1 Å². The van der Waals surface area contributed by atoms with Crippen molar-refractivity contribution in [3.63, 3.8) is 0 Å². The standard InChI is InChI=1S/C24H30N4O3/c1-2-12-25-23(30)18-8-6-10-20(15-18)26-17-22(29)27-21-11-7-9-19(16-21)24(31)28-13-4-3-5-14-28/h6-11,15-16,26H,2-5,12-14,17H2,1H3,(H,25,30)(H,27,29). The number of carbonyl (C=O) groups excluding carboxylic acids is 3. The quantitative estimate of drug-likeness (QED) is 0.607. The van der Waals surface area contributed by atoms with Crippen LogP contribution in [0, 0.1) is 0 Å². The van der Waals surface area contributed by atoms with Crippen LogP contribution in [0.1, 0.15) is 53.3 Å². The minimum atomic E-state index is -0.233. The van der Waals surface area contributed by atoms with Crippen LogP contribution in [0.15, 0.2) is 48.5 Å². The fraction of sp³-hybridized carbons (Fsp3) is 0.375. The number of likely N-dealkylation sites (tertiary alicyclic amines) is 1. The van der Waals surface area contributed by atoms with Crippen LogP contribution in [-0.4, -0.2) is 48.8 Å². The molecule has 0 radical (unpaired) electrons. The second kappa shape index (κ2) is 11.2. The van der Waals surface area contributed by atoms with E-state index >= 15 is 0 Å². The molecule has 1 aliphatic heterocycles. The number of nitrogens with one attached hydrogen (secondary N) is 3. The average Bonchev–Trinajstić information content (AvgIpc) is 2.81. The normalized spacial score (nSPS) is 13.4. The highest BCUT2D eigenvalue weighted by atomic mass is 16.2. The number of carbonyl (C=O) groups is 3. The molecule has 7 heteroatoms. The molecule has 0 unspecified atom stereocenters. The summed E-state index contributed by atoms with van der Waals surface area (Å²) in [6.07, 6.45) is 4.11. The fourth-order valence-corrected chi connectivity index (χ4v) is 3.51. The molecule has 0 aromatic heterocycles. The SMILES string of the molecule is CCCNC(=O)c1cccc(NCC(=O)Nc2cccc(C(=O)N3CCCCC3)c2)c1. The lowest BCUT2D eigenvalue weighted by molar-refractivity contribution is -0.114. The second-order valence-corrected chi connectivity index (χ2v) is 7.67. The summed E-state index contributed by atoms with van der Waals surface area (Å²) in [5.74, 6) is -0.361. The van der Waals surface area contributed by atoms with Crippen LogP contribution in [-0.2, 0) is 4.79 Å². The van der Waals surface area contributed by atoms with Crippen LogP contribution >= 0.6 is 0 Å². The summed E-state index contributed by atoms with van der Waals surface area (Å²) in [5.41, 5.74) is 2.40. The Hall–Kier alpha value is -3.35. The first-order valence-corrected chi connectivity index (χ1v) is 10.9. The average molecular weight is 423 g/mol. The molecule has 1 heterocycles. The summed E-state index contributed by atoms with van der Waals surface area (Å²) in [5, 5.41) is 8.70. The Morgan fingerprint density at radius 2 is 1.58 bits per heavy atom. The summed E-state index contributed by atoms with van der Waals surface area (Å²) in [7, 11) is 0. The van der Waals surface area contributed by atoms with Crippen LogP contribution in [0.2, 0.25) is 0 Å². The van der Waals surface area contributed by atoms with Gasteiger partial charge in [-0.1, -0.05) is 19.1 Å². The van der Waals surface area contributed by atoms with Crippen molar-refractivity contribution in [2.45, 2.75) is 32.6 Å². The first-order valence-electron chi connectivity index (χ1n) is 10.9. The van der Waals surface area contributed by atoms with Crippen molar-refractivity contribution >= 4 is 29.1 Å². The molecule has 0 bridgehead atoms. The van der Waals surface area contributed by atoms with Crippen molar-refractivity contribution in [2.24, 2.45) is 0 Å². The van der Waals surface area contributed by atoms with E-state index in [0.717, 1.165) is 32.4 Å². The van der Waals surface area contributed by atoms with Gasteiger partial charge in [0.15, 0.2) is 0 Å². The van der Waals surface area contributed by atoms with E-state index in [9.17, 15) is 14.4 Å². The van der Waals surface area contributed by atoms with Crippen molar-refractivity contribution in [2.75, 3.05) is 36.8 Å². The highest BCUT2D eigenvalue weighted by Crippen LogP contribution is 2.17. The molecule has 31 heavy (non-hydrogen) atoms. The third-order valence-electron chi connectivity index (χ3n) is 5.15. The van der Waals surface area contributed by atoms with Crippen LogP contribution < -0.4 is 16.0 Å². The number of hydrogen-bond acceptors (Lipinski definition) is 4. The Bertz CT molecular complexity index is 923. The van der Waals surface area contributed by atoms with Gasteiger partial charge in [0.05, 0.1) is 6.54 Å². The smallest absolute Gasteiger partial charge is 0.253 e. The molecule has 7 nitrogen and oxygen atoms in total. The third-order valence-corrected chi connectivity index (χ3v) is 5.15. The second-order valence-electron chi connectivity index (χ2n) is 7.67. The zero-order chi connectivity index (χ0) is 22.1. The summed E-state index contributed by atoms with van der Waals surface area (Å²) in [4.78, 5) is 39.0. The summed E-state index contributed by atoms with van der Waals surface area (Å²) < 4.78 is 0. The fourth-order valence-electron chi connectivity index (χ4n) is 3.51. The molecule has 3 N–H and O–H groups in total. The largest absolute Gasteiger partial charge is 0.376 e. The van der Waals surface area contributed by atoms with Gasteiger partial charge in [0, 0.05) is 42.1 Å². The van der Waals surface area contributed by atoms with Gasteiger partial charge in [0.25, 0.3) is 11.8 Å². The van der Waals surface area contributed by atoms with E-state index in [-0.39, 0.29) is 24.3 Å². The highest BCUT2D eigenvalue weighted by molar-refractivity contribution is 5.98. The molecule has 0 atom stereocenters. The van der Waals surface area contributed by atoms with Gasteiger partial charge < -0.3 is 20.9 Å². The van der Waals surface area contributed by atoms with E-state index in [1.165, 1.54) is 6.42 Å². The van der Waals surface area contributed by atoms with E-state index in [1.54, 1.807) is 42.5 Å². The summed E-state index contributed by atoms with van der Waals surface area (Å²) in [6.45, 7) is 4.24. The lowest BCUT2D eigenvalue weighted by atomic mass is 10.1. The number of nitrogens with zero attached hydrogens (tertiary/aromatic N) is 1. The lowest BCUT2D eigenvalue weighted by Crippen LogP contribution is -2.35. The van der Waals surface area contributed by atoms with Crippen LogP contribution in [0.3, 0.4) is 0 Å². The lowest BCUT2D eigenvalue weighted by Gasteiger charge is -2.26. The minimum Gasteiger partial charge on any atom is -0.376 e. The molecule has 1 fully saturated rings. The van der Waals surface area contributed by atoms with Crippen LogP contribution in [0.4, 0.5) is 11.4 Å². The number of hydrogen-bond donors (Lipinski definition) is 3. The maximum Gasteiger partial charge on any atom is 0.253 e.